The monoisotopic (exact) mass is 350 g/mol. The molecule has 130 valence electrons. The van der Waals surface area contributed by atoms with Gasteiger partial charge in [-0.2, -0.15) is 0 Å². The Morgan fingerprint density at radius 2 is 1.92 bits per heavy atom. The molecule has 0 saturated carbocycles. The third-order valence-corrected chi connectivity index (χ3v) is 5.53. The molecule has 0 saturated heterocycles. The maximum Gasteiger partial charge on any atom is 0.251 e. The Kier molecular flexibility index (Phi) is 6.16. The Bertz CT molecular complexity index is 752. The van der Waals surface area contributed by atoms with Gasteiger partial charge in [0.05, 0.1) is 17.7 Å². The van der Waals surface area contributed by atoms with Crippen molar-refractivity contribution in [3.05, 3.63) is 54.0 Å². The van der Waals surface area contributed by atoms with Crippen LogP contribution in [0.3, 0.4) is 0 Å². The molecule has 7 heteroatoms. The van der Waals surface area contributed by atoms with Crippen molar-refractivity contribution in [1.82, 2.24) is 9.62 Å². The molecule has 0 atom stereocenters. The van der Waals surface area contributed by atoms with Gasteiger partial charge in [-0.1, -0.05) is 13.3 Å². The number of carbonyl (C=O) groups excluding carboxylic acids is 1. The maximum absolute atomic E-state index is 12.4. The molecule has 0 aliphatic heterocycles. The number of unbranched alkanes of at least 4 members (excludes halogenated alkanes) is 1. The van der Waals surface area contributed by atoms with Crippen LogP contribution in [0.2, 0.25) is 0 Å². The zero-order valence-electron chi connectivity index (χ0n) is 13.9. The number of sulfonamides is 1. The fourth-order valence-electron chi connectivity index (χ4n) is 2.14. The number of nitrogens with zero attached hydrogens (tertiary/aromatic N) is 1. The summed E-state index contributed by atoms with van der Waals surface area (Å²) >= 11 is 0. The van der Waals surface area contributed by atoms with E-state index in [0.717, 1.165) is 12.8 Å². The molecule has 0 aliphatic carbocycles. The quantitative estimate of drug-likeness (QED) is 0.794. The number of hydrogen-bond donors (Lipinski definition) is 1. The Labute approximate surface area is 142 Å². The molecule has 0 bridgehead atoms. The van der Waals surface area contributed by atoms with E-state index in [9.17, 15) is 13.2 Å². The minimum absolute atomic E-state index is 0.184. The van der Waals surface area contributed by atoms with Crippen LogP contribution in [0.15, 0.2) is 52.0 Å². The van der Waals surface area contributed by atoms with Gasteiger partial charge in [-0.25, -0.2) is 12.7 Å². The van der Waals surface area contributed by atoms with E-state index in [-0.39, 0.29) is 17.3 Å². The third-order valence-electron chi connectivity index (χ3n) is 3.65. The molecule has 0 spiro atoms. The lowest BCUT2D eigenvalue weighted by Gasteiger charge is -2.16. The summed E-state index contributed by atoms with van der Waals surface area (Å²) in [6.07, 6.45) is 3.27. The summed E-state index contributed by atoms with van der Waals surface area (Å²) in [4.78, 5) is 12.2. The molecule has 0 unspecified atom stereocenters. The van der Waals surface area contributed by atoms with Crippen molar-refractivity contribution < 1.29 is 17.6 Å². The summed E-state index contributed by atoms with van der Waals surface area (Å²) in [5.74, 6) is 0.370. The summed E-state index contributed by atoms with van der Waals surface area (Å²) < 4.78 is 31.3. The van der Waals surface area contributed by atoms with Crippen LogP contribution in [0.4, 0.5) is 0 Å². The highest BCUT2D eigenvalue weighted by Gasteiger charge is 2.20. The summed E-state index contributed by atoms with van der Waals surface area (Å²) in [5.41, 5.74) is 0.400. The molecule has 1 aromatic heterocycles. The highest BCUT2D eigenvalue weighted by atomic mass is 32.2. The molecule has 1 N–H and O–H groups in total. The van der Waals surface area contributed by atoms with Gasteiger partial charge in [-0.3, -0.25) is 4.79 Å². The van der Waals surface area contributed by atoms with Crippen LogP contribution in [0.5, 0.6) is 0 Å². The van der Waals surface area contributed by atoms with Crippen LogP contribution in [0.1, 0.15) is 35.9 Å². The van der Waals surface area contributed by atoms with E-state index in [1.807, 2.05) is 6.92 Å². The fourth-order valence-corrected chi connectivity index (χ4v) is 3.35. The van der Waals surface area contributed by atoms with Crippen LogP contribution in [0, 0.1) is 0 Å². The van der Waals surface area contributed by atoms with E-state index in [4.69, 9.17) is 4.42 Å². The average molecular weight is 350 g/mol. The molecule has 0 fully saturated rings. The number of amides is 1. The van der Waals surface area contributed by atoms with Gasteiger partial charge in [0.15, 0.2) is 0 Å². The molecule has 0 radical (unpaired) electrons. The number of benzene rings is 1. The molecule has 6 nitrogen and oxygen atoms in total. The molecular formula is C17H22N2O4S. The second-order valence-electron chi connectivity index (χ2n) is 5.47. The molecular weight excluding hydrogens is 328 g/mol. The lowest BCUT2D eigenvalue weighted by molar-refractivity contribution is 0.0948. The number of rotatable bonds is 8. The van der Waals surface area contributed by atoms with Crippen LogP contribution >= 0.6 is 0 Å². The first-order valence-corrected chi connectivity index (χ1v) is 9.26. The Hall–Kier alpha value is -2.12. The zero-order valence-corrected chi connectivity index (χ0v) is 14.7. The predicted molar refractivity (Wildman–Crippen MR) is 91.0 cm³/mol. The zero-order chi connectivity index (χ0) is 17.6. The standard InChI is InChI=1S/C17H22N2O4S/c1-3-4-11-19(2)24(21,22)16-9-7-14(8-10-16)17(20)18-13-15-6-5-12-23-15/h5-10,12H,3-4,11,13H2,1-2H3,(H,18,20). The molecule has 2 aromatic rings. The van der Waals surface area contributed by atoms with Gasteiger partial charge >= 0.3 is 0 Å². The molecule has 2 rings (SSSR count). The summed E-state index contributed by atoms with van der Waals surface area (Å²) in [6.45, 7) is 2.77. The third kappa shape index (κ3) is 4.46. The van der Waals surface area contributed by atoms with E-state index in [1.54, 1.807) is 19.2 Å². The van der Waals surface area contributed by atoms with Crippen molar-refractivity contribution in [2.75, 3.05) is 13.6 Å². The summed E-state index contributed by atoms with van der Waals surface area (Å²) in [7, 11) is -1.95. The molecule has 0 aliphatic rings. The fraction of sp³-hybridized carbons (Fsp3) is 0.353. The first-order chi connectivity index (χ1) is 11.4. The van der Waals surface area contributed by atoms with Crippen molar-refractivity contribution in [3.63, 3.8) is 0 Å². The average Bonchev–Trinajstić information content (AvgIpc) is 3.11. The first kappa shape index (κ1) is 18.2. The van der Waals surface area contributed by atoms with Crippen molar-refractivity contribution in [3.8, 4) is 0 Å². The number of furan rings is 1. The van der Waals surface area contributed by atoms with E-state index in [0.29, 0.717) is 17.9 Å². The molecule has 1 amide bonds. The first-order valence-electron chi connectivity index (χ1n) is 7.82. The van der Waals surface area contributed by atoms with Gasteiger partial charge in [-0.15, -0.1) is 0 Å². The van der Waals surface area contributed by atoms with Crippen LogP contribution in [0.25, 0.3) is 0 Å². The summed E-state index contributed by atoms with van der Waals surface area (Å²) in [5, 5.41) is 2.72. The second-order valence-corrected chi connectivity index (χ2v) is 7.51. The van der Waals surface area contributed by atoms with Gasteiger partial charge in [-0.05, 0) is 42.8 Å². The Morgan fingerprint density at radius 3 is 2.50 bits per heavy atom. The highest BCUT2D eigenvalue weighted by Crippen LogP contribution is 2.16. The van der Waals surface area contributed by atoms with Crippen LogP contribution in [-0.4, -0.2) is 32.2 Å². The summed E-state index contributed by atoms with van der Waals surface area (Å²) in [6, 6.07) is 9.45. The lowest BCUT2D eigenvalue weighted by atomic mass is 10.2. The Balaban J connectivity index is 2.02. The van der Waals surface area contributed by atoms with Gasteiger partial charge < -0.3 is 9.73 Å². The normalized spacial score (nSPS) is 11.6. The minimum Gasteiger partial charge on any atom is -0.467 e. The molecule has 24 heavy (non-hydrogen) atoms. The van der Waals surface area contributed by atoms with Crippen molar-refractivity contribution >= 4 is 15.9 Å². The van der Waals surface area contributed by atoms with Gasteiger partial charge in [0.25, 0.3) is 5.91 Å². The lowest BCUT2D eigenvalue weighted by Crippen LogP contribution is -2.28. The highest BCUT2D eigenvalue weighted by molar-refractivity contribution is 7.89. The van der Waals surface area contributed by atoms with Crippen molar-refractivity contribution in [2.24, 2.45) is 0 Å². The Morgan fingerprint density at radius 1 is 1.21 bits per heavy atom. The number of hydrogen-bond acceptors (Lipinski definition) is 4. The van der Waals surface area contributed by atoms with Gasteiger partial charge in [0, 0.05) is 19.2 Å². The SMILES string of the molecule is CCCCN(C)S(=O)(=O)c1ccc(C(=O)NCc2ccco2)cc1. The van der Waals surface area contributed by atoms with E-state index < -0.39 is 10.0 Å². The van der Waals surface area contributed by atoms with E-state index in [1.165, 1.54) is 34.8 Å². The van der Waals surface area contributed by atoms with E-state index >= 15 is 0 Å². The number of nitrogens with one attached hydrogen (secondary N) is 1. The van der Waals surface area contributed by atoms with Crippen LogP contribution < -0.4 is 5.32 Å². The molecule has 1 heterocycles. The van der Waals surface area contributed by atoms with Gasteiger partial charge in [0.1, 0.15) is 5.76 Å². The van der Waals surface area contributed by atoms with E-state index in [2.05, 4.69) is 5.32 Å². The van der Waals surface area contributed by atoms with Crippen molar-refractivity contribution in [2.45, 2.75) is 31.2 Å². The van der Waals surface area contributed by atoms with Crippen molar-refractivity contribution in [1.29, 1.82) is 0 Å². The topological polar surface area (TPSA) is 79.6 Å². The minimum atomic E-state index is -3.51. The largest absolute Gasteiger partial charge is 0.467 e. The van der Waals surface area contributed by atoms with Gasteiger partial charge in [0.2, 0.25) is 10.0 Å². The predicted octanol–water partition coefficient (Wildman–Crippen LogP) is 2.63. The molecule has 1 aromatic carbocycles. The maximum atomic E-state index is 12.4. The second kappa shape index (κ2) is 8.12. The number of carbonyl (C=O) groups is 1. The van der Waals surface area contributed by atoms with Crippen LogP contribution in [-0.2, 0) is 16.6 Å². The smallest absolute Gasteiger partial charge is 0.251 e.